The molecule has 2 fully saturated rings. The molecule has 0 N–H and O–H groups in total. The second kappa shape index (κ2) is 8.69. The minimum Gasteiger partial charge on any atom is -0.454 e. The molecular weight excluding hydrogens is 406 g/mol. The van der Waals surface area contributed by atoms with Crippen molar-refractivity contribution in [2.24, 2.45) is 0 Å². The van der Waals surface area contributed by atoms with Gasteiger partial charge in [0.05, 0.1) is 0 Å². The Morgan fingerprint density at radius 2 is 1.56 bits per heavy atom. The molecule has 3 aromatic rings. The molecule has 1 aromatic heterocycles. The topological polar surface area (TPSA) is 67.1 Å². The van der Waals surface area contributed by atoms with E-state index in [1.165, 1.54) is 24.0 Å². The Balaban J connectivity index is 1.02. The van der Waals surface area contributed by atoms with Gasteiger partial charge in [-0.25, -0.2) is 4.63 Å². The van der Waals surface area contributed by atoms with Crippen LogP contribution in [0.4, 0.5) is 0 Å². The first kappa shape index (κ1) is 20.0. The molecule has 0 unspecified atom stereocenters. The Morgan fingerprint density at radius 1 is 0.781 bits per heavy atom. The van der Waals surface area contributed by atoms with Crippen LogP contribution in [0.5, 0.6) is 11.5 Å². The summed E-state index contributed by atoms with van der Waals surface area (Å²) in [6, 6.07) is 13.2. The molecule has 0 aliphatic carbocycles. The van der Waals surface area contributed by atoms with E-state index in [4.69, 9.17) is 14.1 Å². The highest BCUT2D eigenvalue weighted by atomic mass is 16.7. The van der Waals surface area contributed by atoms with Gasteiger partial charge in [0.15, 0.2) is 11.5 Å². The third-order valence-corrected chi connectivity index (χ3v) is 6.97. The highest BCUT2D eigenvalue weighted by Crippen LogP contribution is 2.33. The smallest absolute Gasteiger partial charge is 0.231 e. The first-order valence-electron chi connectivity index (χ1n) is 11.6. The molecule has 4 heterocycles. The van der Waals surface area contributed by atoms with Crippen LogP contribution in [-0.2, 0) is 13.1 Å². The van der Waals surface area contributed by atoms with Crippen molar-refractivity contribution in [3.8, 4) is 11.5 Å². The van der Waals surface area contributed by atoms with Gasteiger partial charge in [-0.1, -0.05) is 12.1 Å². The predicted molar refractivity (Wildman–Crippen MR) is 120 cm³/mol. The number of piperazine rings is 1. The normalized spacial score (nSPS) is 22.6. The van der Waals surface area contributed by atoms with Crippen LogP contribution < -0.4 is 9.47 Å². The minimum absolute atomic E-state index is 0.335. The second-order valence-electron chi connectivity index (χ2n) is 9.12. The molecule has 2 saturated heterocycles. The van der Waals surface area contributed by atoms with E-state index in [0.717, 1.165) is 74.9 Å². The number of nitrogens with zero attached hydrogens (tertiary/aromatic N) is 5. The maximum atomic E-state index is 5.53. The van der Waals surface area contributed by atoms with Gasteiger partial charge >= 0.3 is 0 Å². The zero-order valence-electron chi connectivity index (χ0n) is 18.3. The van der Waals surface area contributed by atoms with E-state index >= 15 is 0 Å². The molecule has 0 spiro atoms. The van der Waals surface area contributed by atoms with Crippen molar-refractivity contribution in [2.75, 3.05) is 46.1 Å². The zero-order chi connectivity index (χ0) is 21.3. The first-order valence-corrected chi connectivity index (χ1v) is 11.6. The molecule has 8 heteroatoms. The molecule has 3 aliphatic rings. The second-order valence-corrected chi connectivity index (χ2v) is 9.12. The predicted octanol–water partition coefficient (Wildman–Crippen LogP) is 2.73. The quantitative estimate of drug-likeness (QED) is 0.606. The van der Waals surface area contributed by atoms with Gasteiger partial charge in [0, 0.05) is 51.9 Å². The Labute approximate surface area is 187 Å². The summed E-state index contributed by atoms with van der Waals surface area (Å²) in [4.78, 5) is 7.84. The van der Waals surface area contributed by atoms with Gasteiger partial charge in [0.1, 0.15) is 11.0 Å². The van der Waals surface area contributed by atoms with Crippen molar-refractivity contribution in [2.45, 2.75) is 32.0 Å². The summed E-state index contributed by atoms with van der Waals surface area (Å²) in [5.74, 6) is 1.74. The van der Waals surface area contributed by atoms with Crippen LogP contribution in [0.15, 0.2) is 41.0 Å². The molecule has 1 atom stereocenters. The Bertz CT molecular complexity index is 1080. The molecule has 8 nitrogen and oxygen atoms in total. The summed E-state index contributed by atoms with van der Waals surface area (Å²) < 4.78 is 15.8. The standard InChI is InChI=1S/C24H29N5O3/c1-2-20(16-28(7-1)15-18-3-5-21-22(12-18)26-32-25-21)29-10-8-27(9-11-29)14-19-4-6-23-24(13-19)31-17-30-23/h3-6,12-13,20H,1-2,7-11,14-17H2/t20-/m0/s1. The lowest BCUT2D eigenvalue weighted by Gasteiger charge is -2.43. The van der Waals surface area contributed by atoms with Crippen molar-refractivity contribution in [3.63, 3.8) is 0 Å². The van der Waals surface area contributed by atoms with E-state index in [1.807, 2.05) is 12.1 Å². The van der Waals surface area contributed by atoms with E-state index in [-0.39, 0.29) is 0 Å². The van der Waals surface area contributed by atoms with Crippen molar-refractivity contribution in [1.29, 1.82) is 0 Å². The number of hydrogen-bond acceptors (Lipinski definition) is 8. The average molecular weight is 436 g/mol. The molecule has 168 valence electrons. The molecule has 0 amide bonds. The summed E-state index contributed by atoms with van der Waals surface area (Å²) in [5.41, 5.74) is 4.24. The van der Waals surface area contributed by atoms with Gasteiger partial charge in [-0.15, -0.1) is 0 Å². The van der Waals surface area contributed by atoms with Crippen molar-refractivity contribution in [1.82, 2.24) is 25.0 Å². The molecule has 32 heavy (non-hydrogen) atoms. The van der Waals surface area contributed by atoms with E-state index in [2.05, 4.69) is 49.3 Å². The molecule has 3 aliphatic heterocycles. The highest BCUT2D eigenvalue weighted by Gasteiger charge is 2.28. The third kappa shape index (κ3) is 4.18. The summed E-state index contributed by atoms with van der Waals surface area (Å²) in [7, 11) is 0. The van der Waals surface area contributed by atoms with Crippen LogP contribution in [-0.4, -0.2) is 77.1 Å². The molecule has 0 saturated carbocycles. The third-order valence-electron chi connectivity index (χ3n) is 6.97. The number of piperidine rings is 1. The Hall–Kier alpha value is -2.68. The van der Waals surface area contributed by atoms with E-state index in [9.17, 15) is 0 Å². The number of hydrogen-bond donors (Lipinski definition) is 0. The SMILES string of the molecule is c1cc2c(cc1CN1CCN([C@H]3CCCN(Cc4ccc5nonc5c4)C3)CC1)OCO2. The Morgan fingerprint density at radius 3 is 2.50 bits per heavy atom. The average Bonchev–Trinajstić information content (AvgIpc) is 3.48. The lowest BCUT2D eigenvalue weighted by molar-refractivity contribution is 0.0477. The number of aromatic nitrogens is 2. The maximum absolute atomic E-state index is 5.53. The largest absolute Gasteiger partial charge is 0.454 e. The molecular formula is C24H29N5O3. The van der Waals surface area contributed by atoms with Gasteiger partial charge in [0.25, 0.3) is 0 Å². The summed E-state index contributed by atoms with van der Waals surface area (Å²) in [5, 5.41) is 7.89. The Kier molecular flexibility index (Phi) is 5.42. The van der Waals surface area contributed by atoms with Crippen LogP contribution in [0.2, 0.25) is 0 Å². The van der Waals surface area contributed by atoms with Crippen molar-refractivity contribution in [3.05, 3.63) is 47.5 Å². The first-order chi connectivity index (χ1) is 15.8. The van der Waals surface area contributed by atoms with Gasteiger partial charge in [0.2, 0.25) is 6.79 Å². The fraction of sp³-hybridized carbons (Fsp3) is 0.500. The van der Waals surface area contributed by atoms with Crippen LogP contribution in [0, 0.1) is 0 Å². The van der Waals surface area contributed by atoms with Gasteiger partial charge in [-0.05, 0) is 65.1 Å². The molecule has 0 bridgehead atoms. The number of fused-ring (bicyclic) bond motifs is 2. The van der Waals surface area contributed by atoms with Crippen molar-refractivity contribution < 1.29 is 14.1 Å². The van der Waals surface area contributed by atoms with Gasteiger partial charge in [-0.3, -0.25) is 14.7 Å². The maximum Gasteiger partial charge on any atom is 0.231 e. The van der Waals surface area contributed by atoms with E-state index < -0.39 is 0 Å². The number of rotatable bonds is 5. The highest BCUT2D eigenvalue weighted by molar-refractivity contribution is 5.73. The minimum atomic E-state index is 0.335. The fourth-order valence-corrected chi connectivity index (χ4v) is 5.24. The fourth-order valence-electron chi connectivity index (χ4n) is 5.24. The van der Waals surface area contributed by atoms with Crippen LogP contribution in [0.1, 0.15) is 24.0 Å². The van der Waals surface area contributed by atoms with Gasteiger partial charge in [-0.2, -0.15) is 0 Å². The number of likely N-dealkylation sites (tertiary alicyclic amines) is 1. The zero-order valence-corrected chi connectivity index (χ0v) is 18.3. The monoisotopic (exact) mass is 435 g/mol. The summed E-state index contributed by atoms with van der Waals surface area (Å²) >= 11 is 0. The lowest BCUT2D eigenvalue weighted by atomic mass is 10.0. The lowest BCUT2D eigenvalue weighted by Crippen LogP contribution is -2.54. The summed E-state index contributed by atoms with van der Waals surface area (Å²) in [6.07, 6.45) is 2.56. The molecule has 2 aromatic carbocycles. The molecule has 6 rings (SSSR count). The van der Waals surface area contributed by atoms with Crippen molar-refractivity contribution >= 4 is 11.0 Å². The molecule has 0 radical (unpaired) electrons. The van der Waals surface area contributed by atoms with Crippen LogP contribution in [0.3, 0.4) is 0 Å². The van der Waals surface area contributed by atoms with E-state index in [0.29, 0.717) is 12.8 Å². The number of ether oxygens (including phenoxy) is 2. The van der Waals surface area contributed by atoms with E-state index in [1.54, 1.807) is 0 Å². The summed E-state index contributed by atoms with van der Waals surface area (Å²) in [6.45, 7) is 9.07. The van der Waals surface area contributed by atoms with Crippen LogP contribution in [0.25, 0.3) is 11.0 Å². The number of benzene rings is 2. The van der Waals surface area contributed by atoms with Gasteiger partial charge < -0.3 is 9.47 Å². The van der Waals surface area contributed by atoms with Crippen LogP contribution >= 0.6 is 0 Å².